The summed E-state index contributed by atoms with van der Waals surface area (Å²) in [6.45, 7) is 0. The van der Waals surface area contributed by atoms with Crippen LogP contribution in [0.1, 0.15) is 5.56 Å². The largest absolute Gasteiger partial charge is 0.321 e. The lowest BCUT2D eigenvalue weighted by Gasteiger charge is -2.18. The van der Waals surface area contributed by atoms with Crippen LogP contribution in [0.5, 0.6) is 0 Å². The summed E-state index contributed by atoms with van der Waals surface area (Å²) in [5.74, 6) is -0.680. The number of benzene rings is 3. The summed E-state index contributed by atoms with van der Waals surface area (Å²) in [7, 11) is 0. The minimum Gasteiger partial charge on any atom is -0.321 e. The molecule has 31 heavy (non-hydrogen) atoms. The van der Waals surface area contributed by atoms with Gasteiger partial charge >= 0.3 is 0 Å². The first-order chi connectivity index (χ1) is 15.2. The normalized spacial score (nSPS) is 17.2. The summed E-state index contributed by atoms with van der Waals surface area (Å²) >= 11 is 1.26. The Morgan fingerprint density at radius 2 is 1.52 bits per heavy atom. The number of nitrogens with one attached hydrogen (secondary N) is 1. The van der Waals surface area contributed by atoms with Crippen LogP contribution in [0, 0.1) is 11.3 Å². The van der Waals surface area contributed by atoms with Gasteiger partial charge in [-0.3, -0.25) is 14.5 Å². The van der Waals surface area contributed by atoms with Crippen molar-refractivity contribution in [1.29, 1.82) is 5.26 Å². The SMILES string of the molecule is N#C/C(C(=O)Nc1ccccc1)=C1/SC(Cc2ccccc2)C(=O)N1c1ccccc1. The monoisotopic (exact) mass is 425 g/mol. The molecule has 2 amide bonds. The van der Waals surface area contributed by atoms with E-state index in [4.69, 9.17) is 0 Å². The zero-order valence-electron chi connectivity index (χ0n) is 16.6. The Kier molecular flexibility index (Phi) is 6.16. The molecule has 3 aromatic rings. The van der Waals surface area contributed by atoms with E-state index < -0.39 is 11.2 Å². The number of para-hydroxylation sites is 2. The molecule has 0 aromatic heterocycles. The molecule has 5 nitrogen and oxygen atoms in total. The molecular weight excluding hydrogens is 406 g/mol. The predicted molar refractivity (Wildman–Crippen MR) is 123 cm³/mol. The maximum atomic E-state index is 13.4. The number of nitrogens with zero attached hydrogens (tertiary/aromatic N) is 2. The second-order valence-electron chi connectivity index (χ2n) is 6.92. The lowest BCUT2D eigenvalue weighted by Crippen LogP contribution is -2.30. The maximum Gasteiger partial charge on any atom is 0.269 e. The summed E-state index contributed by atoms with van der Waals surface area (Å²) in [6, 6.07) is 29.8. The Morgan fingerprint density at radius 3 is 2.13 bits per heavy atom. The van der Waals surface area contributed by atoms with Crippen LogP contribution in [-0.4, -0.2) is 17.1 Å². The number of amides is 2. The highest BCUT2D eigenvalue weighted by Crippen LogP contribution is 2.41. The Balaban J connectivity index is 1.71. The molecule has 1 aliphatic rings. The van der Waals surface area contributed by atoms with E-state index in [-0.39, 0.29) is 11.5 Å². The lowest BCUT2D eigenvalue weighted by molar-refractivity contribution is -0.117. The molecule has 0 bridgehead atoms. The lowest BCUT2D eigenvalue weighted by atomic mass is 10.1. The molecule has 3 aromatic carbocycles. The van der Waals surface area contributed by atoms with Crippen molar-refractivity contribution in [2.24, 2.45) is 0 Å². The minimum atomic E-state index is -0.537. The highest BCUT2D eigenvalue weighted by atomic mass is 32.2. The van der Waals surface area contributed by atoms with Gasteiger partial charge in [-0.25, -0.2) is 0 Å². The van der Waals surface area contributed by atoms with Crippen molar-refractivity contribution in [1.82, 2.24) is 0 Å². The van der Waals surface area contributed by atoms with Crippen molar-refractivity contribution in [3.8, 4) is 6.07 Å². The van der Waals surface area contributed by atoms with Gasteiger partial charge in [0.05, 0.1) is 5.25 Å². The van der Waals surface area contributed by atoms with Gasteiger partial charge < -0.3 is 5.32 Å². The fraction of sp³-hybridized carbons (Fsp3) is 0.0800. The van der Waals surface area contributed by atoms with Gasteiger partial charge in [0.2, 0.25) is 5.91 Å². The molecule has 152 valence electrons. The van der Waals surface area contributed by atoms with Gasteiger partial charge in [-0.2, -0.15) is 5.26 Å². The van der Waals surface area contributed by atoms with Crippen LogP contribution >= 0.6 is 11.8 Å². The predicted octanol–water partition coefficient (Wildman–Crippen LogP) is 4.75. The van der Waals surface area contributed by atoms with Crippen LogP contribution in [0.3, 0.4) is 0 Å². The highest BCUT2D eigenvalue weighted by molar-refractivity contribution is 8.05. The third kappa shape index (κ3) is 4.52. The zero-order valence-corrected chi connectivity index (χ0v) is 17.4. The van der Waals surface area contributed by atoms with E-state index in [0.29, 0.717) is 22.8 Å². The molecule has 4 rings (SSSR count). The number of carbonyl (C=O) groups is 2. The Bertz CT molecular complexity index is 1160. The van der Waals surface area contributed by atoms with Crippen LogP contribution in [0.4, 0.5) is 11.4 Å². The summed E-state index contributed by atoms with van der Waals surface area (Å²) in [6.07, 6.45) is 0.510. The van der Waals surface area contributed by atoms with E-state index in [1.165, 1.54) is 16.7 Å². The van der Waals surface area contributed by atoms with Crippen molar-refractivity contribution < 1.29 is 9.59 Å². The van der Waals surface area contributed by atoms with Crippen molar-refractivity contribution in [3.63, 3.8) is 0 Å². The maximum absolute atomic E-state index is 13.4. The van der Waals surface area contributed by atoms with Crippen LogP contribution in [0.25, 0.3) is 0 Å². The molecule has 1 N–H and O–H groups in total. The molecule has 0 radical (unpaired) electrons. The van der Waals surface area contributed by atoms with E-state index in [1.54, 1.807) is 36.4 Å². The van der Waals surface area contributed by atoms with Gasteiger partial charge in [-0.05, 0) is 36.2 Å². The molecule has 1 fully saturated rings. The van der Waals surface area contributed by atoms with Crippen molar-refractivity contribution in [2.45, 2.75) is 11.7 Å². The Labute approximate surface area is 185 Å². The second-order valence-corrected chi connectivity index (χ2v) is 8.11. The number of anilines is 2. The molecule has 6 heteroatoms. The summed E-state index contributed by atoms with van der Waals surface area (Å²) in [4.78, 5) is 27.8. The number of hydrogen-bond acceptors (Lipinski definition) is 4. The van der Waals surface area contributed by atoms with Gasteiger partial charge in [0.1, 0.15) is 16.7 Å². The first-order valence-corrected chi connectivity index (χ1v) is 10.7. The summed E-state index contributed by atoms with van der Waals surface area (Å²) in [5.41, 5.74) is 2.16. The van der Waals surface area contributed by atoms with Gasteiger partial charge in [-0.1, -0.05) is 78.5 Å². The molecule has 0 aliphatic carbocycles. The topological polar surface area (TPSA) is 73.2 Å². The summed E-state index contributed by atoms with van der Waals surface area (Å²) in [5, 5.41) is 12.5. The first-order valence-electron chi connectivity index (χ1n) is 9.78. The Morgan fingerprint density at radius 1 is 0.935 bits per heavy atom. The van der Waals surface area contributed by atoms with Crippen LogP contribution in [0.15, 0.2) is 102 Å². The molecule has 1 saturated heterocycles. The second kappa shape index (κ2) is 9.33. The smallest absolute Gasteiger partial charge is 0.269 e. The van der Waals surface area contributed by atoms with E-state index in [0.717, 1.165) is 5.56 Å². The molecule has 1 unspecified atom stereocenters. The highest BCUT2D eigenvalue weighted by Gasteiger charge is 2.40. The van der Waals surface area contributed by atoms with Gasteiger partial charge in [0, 0.05) is 11.4 Å². The van der Waals surface area contributed by atoms with Gasteiger partial charge in [-0.15, -0.1) is 0 Å². The average Bonchev–Trinajstić information content (AvgIpc) is 3.11. The number of carbonyl (C=O) groups excluding carboxylic acids is 2. The average molecular weight is 426 g/mol. The van der Waals surface area contributed by atoms with Crippen molar-refractivity contribution in [3.05, 3.63) is 107 Å². The van der Waals surface area contributed by atoms with E-state index in [2.05, 4.69) is 5.32 Å². The minimum absolute atomic E-state index is 0.0818. The Hall–Kier alpha value is -3.82. The van der Waals surface area contributed by atoms with Gasteiger partial charge in [0.15, 0.2) is 0 Å². The third-order valence-electron chi connectivity index (χ3n) is 4.82. The first kappa shape index (κ1) is 20.5. The van der Waals surface area contributed by atoms with E-state index in [1.807, 2.05) is 60.7 Å². The third-order valence-corrected chi connectivity index (χ3v) is 6.08. The quantitative estimate of drug-likeness (QED) is 0.473. The molecule has 1 aliphatic heterocycles. The fourth-order valence-corrected chi connectivity index (χ4v) is 4.65. The molecular formula is C25H19N3O2S. The standard InChI is InChI=1S/C25H19N3O2S/c26-17-21(23(29)27-19-12-6-2-7-13-19)25-28(20-14-8-3-9-15-20)24(30)22(31-25)16-18-10-4-1-5-11-18/h1-15,22H,16H2,(H,27,29)/b25-21-. The van der Waals surface area contributed by atoms with Crippen LogP contribution in [0.2, 0.25) is 0 Å². The fourth-order valence-electron chi connectivity index (χ4n) is 3.34. The number of nitriles is 1. The van der Waals surface area contributed by atoms with Crippen molar-refractivity contribution >= 4 is 35.0 Å². The molecule has 0 spiro atoms. The number of thioether (sulfide) groups is 1. The molecule has 1 heterocycles. The van der Waals surface area contributed by atoms with Gasteiger partial charge in [0.25, 0.3) is 5.91 Å². The van der Waals surface area contributed by atoms with Crippen molar-refractivity contribution in [2.75, 3.05) is 10.2 Å². The number of hydrogen-bond donors (Lipinski definition) is 1. The van der Waals surface area contributed by atoms with E-state index >= 15 is 0 Å². The van der Waals surface area contributed by atoms with Crippen LogP contribution < -0.4 is 10.2 Å². The molecule has 1 atom stereocenters. The zero-order chi connectivity index (χ0) is 21.6. The summed E-state index contributed by atoms with van der Waals surface area (Å²) < 4.78 is 0. The van der Waals surface area contributed by atoms with E-state index in [9.17, 15) is 14.9 Å². The molecule has 0 saturated carbocycles. The van der Waals surface area contributed by atoms with Crippen LogP contribution in [-0.2, 0) is 16.0 Å². The number of rotatable bonds is 5.